The average molecular weight is 328 g/mol. The predicted molar refractivity (Wildman–Crippen MR) is 85.0 cm³/mol. The Hall–Kier alpha value is -2.86. The van der Waals surface area contributed by atoms with Crippen molar-refractivity contribution in [2.75, 3.05) is 7.11 Å². The second kappa shape index (κ2) is 5.65. The number of hydrogen-bond donors (Lipinski definition) is 3. The van der Waals surface area contributed by atoms with Crippen LogP contribution >= 0.6 is 0 Å². The number of carbonyl (C=O) groups is 2. The van der Waals surface area contributed by atoms with Gasteiger partial charge in [-0.15, -0.1) is 0 Å². The van der Waals surface area contributed by atoms with E-state index >= 15 is 0 Å². The van der Waals surface area contributed by atoms with Crippen LogP contribution in [0.25, 0.3) is 0 Å². The van der Waals surface area contributed by atoms with Crippen LogP contribution in [-0.2, 0) is 6.42 Å². The first-order chi connectivity index (χ1) is 11.3. The van der Waals surface area contributed by atoms with Gasteiger partial charge in [0.15, 0.2) is 5.78 Å². The minimum Gasteiger partial charge on any atom is -0.507 e. The third-order valence-electron chi connectivity index (χ3n) is 3.98. The smallest absolute Gasteiger partial charge is 0.201 e. The molecule has 124 valence electrons. The van der Waals surface area contributed by atoms with Crippen LogP contribution in [0.4, 0.5) is 0 Å². The first-order valence-electron chi connectivity index (χ1n) is 7.37. The molecule has 2 aromatic carbocycles. The van der Waals surface area contributed by atoms with E-state index in [2.05, 4.69) is 0 Å². The zero-order valence-corrected chi connectivity index (χ0v) is 13.2. The van der Waals surface area contributed by atoms with Gasteiger partial charge in [-0.25, -0.2) is 0 Å². The van der Waals surface area contributed by atoms with Crippen LogP contribution in [-0.4, -0.2) is 40.1 Å². The maximum Gasteiger partial charge on any atom is 0.201 e. The molecule has 3 N–H and O–H groups in total. The van der Waals surface area contributed by atoms with Gasteiger partial charge < -0.3 is 20.1 Å². The highest BCUT2D eigenvalue weighted by Gasteiger charge is 2.35. The van der Waals surface area contributed by atoms with Gasteiger partial charge in [0.1, 0.15) is 17.2 Å². The number of ketones is 2. The molecule has 0 spiro atoms. The van der Waals surface area contributed by atoms with E-state index in [4.69, 9.17) is 4.74 Å². The lowest BCUT2D eigenvalue weighted by Crippen LogP contribution is -2.22. The number of aromatic hydroxyl groups is 2. The van der Waals surface area contributed by atoms with Gasteiger partial charge in [0.2, 0.25) is 5.78 Å². The van der Waals surface area contributed by atoms with Gasteiger partial charge in [0.05, 0.1) is 24.3 Å². The largest absolute Gasteiger partial charge is 0.507 e. The fourth-order valence-corrected chi connectivity index (χ4v) is 2.97. The van der Waals surface area contributed by atoms with Crippen LogP contribution in [0.1, 0.15) is 44.3 Å². The quantitative estimate of drug-likeness (QED) is 0.677. The number of rotatable bonds is 3. The predicted octanol–water partition coefficient (Wildman–Crippen LogP) is 1.81. The lowest BCUT2D eigenvalue weighted by Gasteiger charge is -2.21. The topological polar surface area (TPSA) is 104 Å². The summed E-state index contributed by atoms with van der Waals surface area (Å²) in [7, 11) is 1.39. The number of carbonyl (C=O) groups excluding carboxylic acids is 2. The lowest BCUT2D eigenvalue weighted by molar-refractivity contribution is 0.0973. The van der Waals surface area contributed by atoms with Gasteiger partial charge in [-0.05, 0) is 37.1 Å². The molecule has 1 atom stereocenters. The van der Waals surface area contributed by atoms with Crippen molar-refractivity contribution in [3.63, 3.8) is 0 Å². The number of hydrogen-bond acceptors (Lipinski definition) is 6. The van der Waals surface area contributed by atoms with Crippen molar-refractivity contribution in [1.82, 2.24) is 0 Å². The maximum absolute atomic E-state index is 12.8. The van der Waals surface area contributed by atoms with Gasteiger partial charge in [-0.3, -0.25) is 9.59 Å². The van der Waals surface area contributed by atoms with E-state index in [1.807, 2.05) is 0 Å². The van der Waals surface area contributed by atoms with E-state index < -0.39 is 17.7 Å². The first kappa shape index (κ1) is 16.0. The summed E-state index contributed by atoms with van der Waals surface area (Å²) in [5.74, 6) is -1.58. The van der Waals surface area contributed by atoms with Crippen LogP contribution in [0, 0.1) is 0 Å². The van der Waals surface area contributed by atoms with Crippen molar-refractivity contribution in [2.45, 2.75) is 19.4 Å². The Morgan fingerprint density at radius 3 is 2.12 bits per heavy atom. The average Bonchev–Trinajstić information content (AvgIpc) is 2.50. The van der Waals surface area contributed by atoms with Crippen molar-refractivity contribution in [2.24, 2.45) is 0 Å². The third kappa shape index (κ3) is 2.41. The molecule has 24 heavy (non-hydrogen) atoms. The highest BCUT2D eigenvalue weighted by molar-refractivity contribution is 6.30. The zero-order chi connectivity index (χ0) is 17.6. The van der Waals surface area contributed by atoms with Crippen molar-refractivity contribution in [1.29, 1.82) is 0 Å². The number of ether oxygens (including phenoxy) is 1. The monoisotopic (exact) mass is 328 g/mol. The molecule has 1 aliphatic rings. The van der Waals surface area contributed by atoms with Crippen LogP contribution in [0.15, 0.2) is 24.3 Å². The van der Waals surface area contributed by atoms with Crippen LogP contribution in [0.3, 0.4) is 0 Å². The third-order valence-corrected chi connectivity index (χ3v) is 3.98. The second-order valence-corrected chi connectivity index (χ2v) is 5.82. The molecule has 2 aromatic rings. The van der Waals surface area contributed by atoms with E-state index in [9.17, 15) is 24.9 Å². The molecular formula is C18H16O6. The highest BCUT2D eigenvalue weighted by atomic mass is 16.5. The molecule has 0 amide bonds. The number of benzene rings is 2. The number of aliphatic hydroxyl groups is 1. The summed E-state index contributed by atoms with van der Waals surface area (Å²) in [6.45, 7) is 1.58. The Labute approximate surface area is 137 Å². The fraction of sp³-hybridized carbons (Fsp3) is 0.222. The molecule has 0 heterocycles. The Morgan fingerprint density at radius 2 is 1.54 bits per heavy atom. The fourth-order valence-electron chi connectivity index (χ4n) is 2.97. The normalized spacial score (nSPS) is 14.1. The van der Waals surface area contributed by atoms with Crippen LogP contribution in [0.2, 0.25) is 0 Å². The summed E-state index contributed by atoms with van der Waals surface area (Å²) in [6.07, 6.45) is -0.424. The number of aliphatic hydroxyl groups excluding tert-OH is 1. The first-order valence-corrected chi connectivity index (χ1v) is 7.37. The van der Waals surface area contributed by atoms with Gasteiger partial charge in [-0.1, -0.05) is 0 Å². The zero-order valence-electron chi connectivity index (χ0n) is 13.2. The summed E-state index contributed by atoms with van der Waals surface area (Å²) < 4.78 is 5.03. The molecule has 0 fully saturated rings. The van der Waals surface area contributed by atoms with Crippen LogP contribution < -0.4 is 4.74 Å². The molecule has 0 saturated carbocycles. The summed E-state index contributed by atoms with van der Waals surface area (Å²) in [5, 5.41) is 29.8. The van der Waals surface area contributed by atoms with Crippen molar-refractivity contribution in [3.8, 4) is 17.2 Å². The number of fused-ring (bicyclic) bond motifs is 2. The summed E-state index contributed by atoms with van der Waals surface area (Å²) in [6, 6.07) is 5.47. The minimum absolute atomic E-state index is 0.0259. The molecule has 6 nitrogen and oxygen atoms in total. The van der Waals surface area contributed by atoms with Crippen molar-refractivity contribution in [3.05, 3.63) is 52.1 Å². The second-order valence-electron chi connectivity index (χ2n) is 5.82. The number of phenolic OH excluding ortho intramolecular Hbond substituents is 2. The summed E-state index contributed by atoms with van der Waals surface area (Å²) in [4.78, 5) is 25.4. The number of methoxy groups -OCH3 is 1. The summed E-state index contributed by atoms with van der Waals surface area (Å²) >= 11 is 0. The van der Waals surface area contributed by atoms with E-state index in [0.29, 0.717) is 5.56 Å². The van der Waals surface area contributed by atoms with E-state index in [-0.39, 0.29) is 45.9 Å². The van der Waals surface area contributed by atoms with Gasteiger partial charge in [0, 0.05) is 17.2 Å². The Morgan fingerprint density at radius 1 is 0.958 bits per heavy atom. The standard InChI is InChI=1S/C18H16O6/c1-8(19)3-9-4-11-15(13(20)5-9)18(23)16-12(17(11)22)6-10(24-2)7-14(16)21/h4-8,19-21H,3H2,1-2H3. The highest BCUT2D eigenvalue weighted by Crippen LogP contribution is 2.39. The molecule has 0 radical (unpaired) electrons. The Balaban J connectivity index is 2.23. The molecule has 0 aliphatic heterocycles. The lowest BCUT2D eigenvalue weighted by atomic mass is 9.81. The van der Waals surface area contributed by atoms with Gasteiger partial charge in [0.25, 0.3) is 0 Å². The van der Waals surface area contributed by atoms with Crippen molar-refractivity contribution < 1.29 is 29.6 Å². The maximum atomic E-state index is 12.8. The molecule has 0 saturated heterocycles. The van der Waals surface area contributed by atoms with E-state index in [1.54, 1.807) is 6.92 Å². The minimum atomic E-state index is -0.659. The van der Waals surface area contributed by atoms with Crippen LogP contribution in [0.5, 0.6) is 17.2 Å². The number of phenols is 2. The molecule has 1 unspecified atom stereocenters. The molecule has 3 rings (SSSR count). The van der Waals surface area contributed by atoms with Gasteiger partial charge in [-0.2, -0.15) is 0 Å². The summed E-state index contributed by atoms with van der Waals surface area (Å²) in [5.41, 5.74) is 0.334. The Bertz CT molecular complexity index is 866. The SMILES string of the molecule is COc1cc(O)c2c(c1)C(=O)c1cc(CC(C)O)cc(O)c1C2=O. The molecule has 1 aliphatic carbocycles. The molecule has 0 bridgehead atoms. The molecule has 6 heteroatoms. The molecule has 0 aromatic heterocycles. The van der Waals surface area contributed by atoms with E-state index in [0.717, 1.165) is 0 Å². The Kier molecular flexibility index (Phi) is 3.77. The van der Waals surface area contributed by atoms with Crippen molar-refractivity contribution >= 4 is 11.6 Å². The van der Waals surface area contributed by atoms with Gasteiger partial charge >= 0.3 is 0 Å². The molecular weight excluding hydrogens is 312 g/mol. The van der Waals surface area contributed by atoms with E-state index in [1.165, 1.54) is 31.4 Å².